The third kappa shape index (κ3) is 3.84. The maximum Gasteiger partial charge on any atom is 0.323 e. The summed E-state index contributed by atoms with van der Waals surface area (Å²) in [5.74, 6) is -1.32. The lowest BCUT2D eigenvalue weighted by Crippen LogP contribution is -2.45. The van der Waals surface area contributed by atoms with Crippen LogP contribution in [0.1, 0.15) is 33.3 Å². The van der Waals surface area contributed by atoms with Crippen molar-refractivity contribution in [2.45, 2.75) is 34.1 Å². The quantitative estimate of drug-likeness (QED) is 0.560. The summed E-state index contributed by atoms with van der Waals surface area (Å²) in [6, 6.07) is 14.2. The summed E-state index contributed by atoms with van der Waals surface area (Å²) >= 11 is 0. The molecule has 25 heavy (non-hydrogen) atoms. The maximum absolute atomic E-state index is 12.6. The molecule has 0 fully saturated rings. The van der Waals surface area contributed by atoms with Crippen molar-refractivity contribution in [3.8, 4) is 0 Å². The molecule has 0 aliphatic carbocycles. The Hall–Kier alpha value is -2.36. The number of carbonyl (C=O) groups excluding carboxylic acids is 2. The summed E-state index contributed by atoms with van der Waals surface area (Å²) < 4.78 is 10.4. The molecule has 0 aromatic heterocycles. The fraction of sp³-hybridized carbons (Fsp3) is 0.429. The Bertz CT molecular complexity index is 727. The number of fused-ring (bicyclic) bond motifs is 1. The number of carbonyl (C=O) groups is 2. The highest BCUT2D eigenvalue weighted by Gasteiger charge is 2.48. The average molecular weight is 342 g/mol. The SMILES string of the molecule is CCOC(=O)C(C)(C(=O)OCC)[C@H](C)Cc1cccc2ccccc12. The number of esters is 2. The van der Waals surface area contributed by atoms with Gasteiger partial charge < -0.3 is 9.47 Å². The molecule has 0 heterocycles. The van der Waals surface area contributed by atoms with E-state index in [4.69, 9.17) is 9.47 Å². The Morgan fingerprint density at radius 3 is 2.12 bits per heavy atom. The van der Waals surface area contributed by atoms with Crippen LogP contribution in [0.15, 0.2) is 42.5 Å². The van der Waals surface area contributed by atoms with E-state index in [1.807, 2.05) is 31.2 Å². The topological polar surface area (TPSA) is 52.6 Å². The van der Waals surface area contributed by atoms with Gasteiger partial charge in [-0.2, -0.15) is 0 Å². The zero-order valence-corrected chi connectivity index (χ0v) is 15.4. The zero-order valence-electron chi connectivity index (χ0n) is 15.4. The van der Waals surface area contributed by atoms with E-state index >= 15 is 0 Å². The van der Waals surface area contributed by atoms with Crippen molar-refractivity contribution in [3.63, 3.8) is 0 Å². The molecule has 0 aliphatic heterocycles. The summed E-state index contributed by atoms with van der Waals surface area (Å²) in [6.45, 7) is 7.45. The lowest BCUT2D eigenvalue weighted by atomic mass is 9.74. The van der Waals surface area contributed by atoms with E-state index in [2.05, 4.69) is 18.2 Å². The third-order valence-electron chi connectivity index (χ3n) is 4.79. The van der Waals surface area contributed by atoms with Crippen molar-refractivity contribution in [2.75, 3.05) is 13.2 Å². The van der Waals surface area contributed by atoms with Gasteiger partial charge in [0, 0.05) is 0 Å². The lowest BCUT2D eigenvalue weighted by Gasteiger charge is -2.31. The minimum atomic E-state index is -1.33. The van der Waals surface area contributed by atoms with E-state index in [1.54, 1.807) is 20.8 Å². The number of benzene rings is 2. The van der Waals surface area contributed by atoms with Crippen molar-refractivity contribution in [2.24, 2.45) is 11.3 Å². The van der Waals surface area contributed by atoms with Gasteiger partial charge in [0.15, 0.2) is 5.41 Å². The molecule has 4 heteroatoms. The van der Waals surface area contributed by atoms with Gasteiger partial charge in [0.25, 0.3) is 0 Å². The first kappa shape index (κ1) is 19.0. The van der Waals surface area contributed by atoms with Crippen LogP contribution in [0.5, 0.6) is 0 Å². The molecule has 0 saturated heterocycles. The molecule has 2 aromatic carbocycles. The van der Waals surface area contributed by atoms with Crippen LogP contribution in [-0.2, 0) is 25.5 Å². The highest BCUT2D eigenvalue weighted by molar-refractivity contribution is 6.00. The number of ether oxygens (including phenoxy) is 2. The van der Waals surface area contributed by atoms with Crippen LogP contribution in [0.4, 0.5) is 0 Å². The summed E-state index contributed by atoms with van der Waals surface area (Å²) in [6.07, 6.45) is 0.579. The Labute approximate surface area is 149 Å². The second kappa shape index (κ2) is 8.15. The van der Waals surface area contributed by atoms with E-state index < -0.39 is 17.4 Å². The normalized spacial score (nSPS) is 12.6. The van der Waals surface area contributed by atoms with Crippen LogP contribution in [0.3, 0.4) is 0 Å². The molecule has 0 unspecified atom stereocenters. The van der Waals surface area contributed by atoms with E-state index in [-0.39, 0.29) is 19.1 Å². The monoisotopic (exact) mass is 342 g/mol. The molecule has 0 radical (unpaired) electrons. The van der Waals surface area contributed by atoms with Gasteiger partial charge in [-0.15, -0.1) is 0 Å². The number of hydrogen-bond donors (Lipinski definition) is 0. The summed E-state index contributed by atoms with van der Waals surface area (Å²) in [5.41, 5.74) is -0.228. The molecular formula is C21H26O4. The highest BCUT2D eigenvalue weighted by Crippen LogP contribution is 2.35. The fourth-order valence-electron chi connectivity index (χ4n) is 3.05. The predicted molar refractivity (Wildman–Crippen MR) is 98.2 cm³/mol. The van der Waals surface area contributed by atoms with Crippen LogP contribution in [0.2, 0.25) is 0 Å². The second-order valence-corrected chi connectivity index (χ2v) is 6.39. The largest absolute Gasteiger partial charge is 0.465 e. The number of hydrogen-bond acceptors (Lipinski definition) is 4. The molecule has 0 N–H and O–H groups in total. The van der Waals surface area contributed by atoms with Crippen LogP contribution < -0.4 is 0 Å². The lowest BCUT2D eigenvalue weighted by molar-refractivity contribution is -0.174. The fourth-order valence-corrected chi connectivity index (χ4v) is 3.05. The molecule has 4 nitrogen and oxygen atoms in total. The third-order valence-corrected chi connectivity index (χ3v) is 4.79. The Morgan fingerprint density at radius 2 is 1.52 bits per heavy atom. The van der Waals surface area contributed by atoms with Crippen LogP contribution in [-0.4, -0.2) is 25.2 Å². The van der Waals surface area contributed by atoms with Crippen molar-refractivity contribution in [1.29, 1.82) is 0 Å². The first-order valence-electron chi connectivity index (χ1n) is 8.76. The van der Waals surface area contributed by atoms with Crippen LogP contribution in [0.25, 0.3) is 10.8 Å². The van der Waals surface area contributed by atoms with Crippen LogP contribution >= 0.6 is 0 Å². The summed E-state index contributed by atoms with van der Waals surface area (Å²) in [5, 5.41) is 2.27. The maximum atomic E-state index is 12.6. The minimum absolute atomic E-state index is 0.231. The van der Waals surface area contributed by atoms with Crippen molar-refractivity contribution >= 4 is 22.7 Å². The van der Waals surface area contributed by atoms with Gasteiger partial charge in [-0.1, -0.05) is 49.4 Å². The van der Waals surface area contributed by atoms with Gasteiger partial charge in [-0.05, 0) is 49.4 Å². The molecule has 0 bridgehead atoms. The van der Waals surface area contributed by atoms with Gasteiger partial charge in [0.2, 0.25) is 0 Å². The minimum Gasteiger partial charge on any atom is -0.465 e. The van der Waals surface area contributed by atoms with E-state index in [1.165, 1.54) is 0 Å². The van der Waals surface area contributed by atoms with Gasteiger partial charge in [0.1, 0.15) is 0 Å². The van der Waals surface area contributed by atoms with Gasteiger partial charge in [-0.25, -0.2) is 0 Å². The summed E-state index contributed by atoms with van der Waals surface area (Å²) in [4.78, 5) is 25.1. The molecule has 134 valence electrons. The first-order chi connectivity index (χ1) is 11.9. The van der Waals surface area contributed by atoms with Crippen LogP contribution in [0, 0.1) is 11.3 Å². The molecule has 0 saturated carbocycles. The van der Waals surface area contributed by atoms with Crippen molar-refractivity contribution in [1.82, 2.24) is 0 Å². The molecule has 0 aliphatic rings. The first-order valence-corrected chi connectivity index (χ1v) is 8.76. The van der Waals surface area contributed by atoms with Crippen molar-refractivity contribution < 1.29 is 19.1 Å². The van der Waals surface area contributed by atoms with Crippen molar-refractivity contribution in [3.05, 3.63) is 48.0 Å². The van der Waals surface area contributed by atoms with Gasteiger partial charge in [0.05, 0.1) is 13.2 Å². The van der Waals surface area contributed by atoms with E-state index in [0.29, 0.717) is 6.42 Å². The zero-order chi connectivity index (χ0) is 18.4. The Kier molecular flexibility index (Phi) is 6.18. The Morgan fingerprint density at radius 1 is 0.960 bits per heavy atom. The molecule has 1 atom stereocenters. The van der Waals surface area contributed by atoms with Gasteiger partial charge in [-0.3, -0.25) is 9.59 Å². The summed E-state index contributed by atoms with van der Waals surface area (Å²) in [7, 11) is 0. The Balaban J connectivity index is 2.37. The molecular weight excluding hydrogens is 316 g/mol. The molecule has 2 aromatic rings. The smallest absolute Gasteiger partial charge is 0.323 e. The standard InChI is InChI=1S/C21H26O4/c1-5-24-19(22)21(4,20(23)25-6-2)15(3)14-17-12-9-11-16-10-7-8-13-18(16)17/h7-13,15H,5-6,14H2,1-4H3/t15-/m1/s1. The van der Waals surface area contributed by atoms with E-state index in [0.717, 1.165) is 16.3 Å². The molecule has 2 rings (SSSR count). The molecule has 0 amide bonds. The highest BCUT2D eigenvalue weighted by atomic mass is 16.6. The van der Waals surface area contributed by atoms with E-state index in [9.17, 15) is 9.59 Å². The molecule has 0 spiro atoms. The number of rotatable bonds is 7. The van der Waals surface area contributed by atoms with Gasteiger partial charge >= 0.3 is 11.9 Å². The second-order valence-electron chi connectivity index (χ2n) is 6.39. The average Bonchev–Trinajstić information content (AvgIpc) is 2.61. The predicted octanol–water partition coefficient (Wildman–Crippen LogP) is 4.15.